The first kappa shape index (κ1) is 20.6. The van der Waals surface area contributed by atoms with Gasteiger partial charge in [-0.3, -0.25) is 4.90 Å². The van der Waals surface area contributed by atoms with E-state index in [0.29, 0.717) is 19.8 Å². The van der Waals surface area contributed by atoms with Gasteiger partial charge in [0.15, 0.2) is 0 Å². The summed E-state index contributed by atoms with van der Waals surface area (Å²) in [7, 11) is 0. The maximum Gasteiger partial charge on any atom is 0.328 e. The molecule has 1 atom stereocenters. The lowest BCUT2D eigenvalue weighted by molar-refractivity contribution is -0.152. The molecule has 144 valence electrons. The summed E-state index contributed by atoms with van der Waals surface area (Å²) in [5.74, 6) is -0.196. The van der Waals surface area contributed by atoms with Crippen molar-refractivity contribution in [1.29, 1.82) is 0 Å². The van der Waals surface area contributed by atoms with Gasteiger partial charge in [-0.25, -0.2) is 4.79 Å². The van der Waals surface area contributed by atoms with Crippen LogP contribution in [-0.4, -0.2) is 68.3 Å². The Morgan fingerprint density at radius 2 is 1.88 bits per heavy atom. The number of ether oxygens (including phenoxy) is 2. The number of hydrogen-bond donors (Lipinski definition) is 0. The quantitative estimate of drug-likeness (QED) is 0.345. The van der Waals surface area contributed by atoms with Crippen LogP contribution in [0.25, 0.3) is 0 Å². The van der Waals surface area contributed by atoms with Crippen molar-refractivity contribution in [2.75, 3.05) is 52.5 Å². The Labute approximate surface area is 157 Å². The van der Waals surface area contributed by atoms with Crippen LogP contribution in [0.4, 0.5) is 0 Å². The second-order valence-electron chi connectivity index (χ2n) is 6.37. The minimum atomic E-state index is -0.350. The monoisotopic (exact) mass is 360 g/mol. The van der Waals surface area contributed by atoms with E-state index in [1.54, 1.807) is 0 Å². The van der Waals surface area contributed by atoms with Crippen LogP contribution in [0.2, 0.25) is 0 Å². The molecule has 5 nitrogen and oxygen atoms in total. The van der Waals surface area contributed by atoms with Gasteiger partial charge in [0.05, 0.1) is 13.2 Å². The highest BCUT2D eigenvalue weighted by molar-refractivity contribution is 5.77. The van der Waals surface area contributed by atoms with E-state index >= 15 is 0 Å². The van der Waals surface area contributed by atoms with Crippen LogP contribution in [0.15, 0.2) is 42.5 Å². The Balaban J connectivity index is 1.80. The number of likely N-dealkylation sites (N-methyl/N-ethyl adjacent to an activating group) is 1. The zero-order valence-corrected chi connectivity index (χ0v) is 16.1. The summed E-state index contributed by atoms with van der Waals surface area (Å²) in [6, 6.07) is 9.52. The van der Waals surface area contributed by atoms with Crippen LogP contribution in [0.1, 0.15) is 31.9 Å². The van der Waals surface area contributed by atoms with E-state index in [0.717, 1.165) is 44.7 Å². The van der Waals surface area contributed by atoms with Crippen LogP contribution >= 0.6 is 0 Å². The molecule has 0 amide bonds. The molecule has 0 saturated carbocycles. The van der Waals surface area contributed by atoms with E-state index < -0.39 is 0 Å². The van der Waals surface area contributed by atoms with Crippen LogP contribution in [0.3, 0.4) is 0 Å². The average molecular weight is 360 g/mol. The molecule has 1 aliphatic rings. The Kier molecular flexibility index (Phi) is 9.39. The normalized spacial score (nSPS) is 16.0. The zero-order chi connectivity index (χ0) is 18.6. The average Bonchev–Trinajstić information content (AvgIpc) is 2.69. The number of nitrogens with zero attached hydrogens (tertiary/aromatic N) is 2. The third-order valence-electron chi connectivity index (χ3n) is 4.71. The van der Waals surface area contributed by atoms with Gasteiger partial charge in [-0.15, -0.1) is 0 Å². The first-order valence-corrected chi connectivity index (χ1v) is 9.67. The summed E-state index contributed by atoms with van der Waals surface area (Å²) in [5.41, 5.74) is 0.982. The van der Waals surface area contributed by atoms with Gasteiger partial charge in [-0.2, -0.15) is 0 Å². The summed E-state index contributed by atoms with van der Waals surface area (Å²) in [6.45, 7) is 10.3. The molecule has 1 aromatic carbocycles. The minimum absolute atomic E-state index is 0.196. The lowest BCUT2D eigenvalue weighted by atomic mass is 10.0. The summed E-state index contributed by atoms with van der Waals surface area (Å²) in [5, 5.41) is 0. The molecule has 0 fully saturated rings. The predicted octanol–water partition coefficient (Wildman–Crippen LogP) is 2.89. The summed E-state index contributed by atoms with van der Waals surface area (Å²) < 4.78 is 11.1. The minimum Gasteiger partial charge on any atom is -0.462 e. The molecule has 0 spiro atoms. The molecular weight excluding hydrogens is 328 g/mol. The van der Waals surface area contributed by atoms with Gasteiger partial charge >= 0.3 is 5.97 Å². The Hall–Kier alpha value is -1.69. The largest absolute Gasteiger partial charge is 0.462 e. The third kappa shape index (κ3) is 6.56. The molecule has 0 radical (unpaired) electrons. The molecule has 0 N–H and O–H groups in total. The maximum atomic E-state index is 12.7. The van der Waals surface area contributed by atoms with E-state index in [4.69, 9.17) is 9.47 Å². The van der Waals surface area contributed by atoms with Crippen molar-refractivity contribution in [2.24, 2.45) is 0 Å². The number of carbonyl (C=O) groups excluding carboxylic acids is 1. The zero-order valence-electron chi connectivity index (χ0n) is 16.1. The lowest BCUT2D eigenvalue weighted by Gasteiger charge is -2.31. The predicted molar refractivity (Wildman–Crippen MR) is 104 cm³/mol. The molecule has 1 aromatic rings. The number of hydrogen-bond acceptors (Lipinski definition) is 5. The summed E-state index contributed by atoms with van der Waals surface area (Å²) in [6.07, 6.45) is 5.24. The van der Waals surface area contributed by atoms with Crippen LogP contribution in [0, 0.1) is 0 Å². The van der Waals surface area contributed by atoms with Gasteiger partial charge in [0.1, 0.15) is 12.6 Å². The van der Waals surface area contributed by atoms with Crippen LogP contribution < -0.4 is 0 Å². The van der Waals surface area contributed by atoms with E-state index in [1.807, 2.05) is 30.3 Å². The highest BCUT2D eigenvalue weighted by Crippen LogP contribution is 2.24. The standard InChI is InChI=1S/C21H32N2O3/c1-3-22(4-2)15-16-25-17-18-26-21(24)20(19-11-7-5-8-12-19)23-13-9-6-10-14-23/h5-9,11-12,20H,3-4,10,13-18H2,1-2H3. The Bertz CT molecular complexity index is 543. The second kappa shape index (κ2) is 11.8. The van der Waals surface area contributed by atoms with E-state index in [1.165, 1.54) is 0 Å². The number of rotatable bonds is 11. The fourth-order valence-electron chi connectivity index (χ4n) is 3.14. The lowest BCUT2D eigenvalue weighted by Crippen LogP contribution is -2.37. The van der Waals surface area contributed by atoms with E-state index in [2.05, 4.69) is 35.8 Å². The van der Waals surface area contributed by atoms with Crippen molar-refractivity contribution in [2.45, 2.75) is 26.3 Å². The molecular formula is C21H32N2O3. The fraction of sp³-hybridized carbons (Fsp3) is 0.571. The fourth-order valence-corrected chi connectivity index (χ4v) is 3.14. The van der Waals surface area contributed by atoms with Gasteiger partial charge in [-0.05, 0) is 25.1 Å². The third-order valence-corrected chi connectivity index (χ3v) is 4.71. The van der Waals surface area contributed by atoms with Crippen molar-refractivity contribution < 1.29 is 14.3 Å². The maximum absolute atomic E-state index is 12.7. The SMILES string of the molecule is CCN(CC)CCOCCOC(=O)C(c1ccccc1)N1CC=CCC1. The van der Waals surface area contributed by atoms with Crippen molar-refractivity contribution in [3.8, 4) is 0 Å². The van der Waals surface area contributed by atoms with Gasteiger partial charge in [0.25, 0.3) is 0 Å². The van der Waals surface area contributed by atoms with E-state index in [-0.39, 0.29) is 12.0 Å². The molecule has 1 heterocycles. The smallest absolute Gasteiger partial charge is 0.328 e. The van der Waals surface area contributed by atoms with Gasteiger partial charge in [0.2, 0.25) is 0 Å². The second-order valence-corrected chi connectivity index (χ2v) is 6.37. The molecule has 0 bridgehead atoms. The van der Waals surface area contributed by atoms with Crippen molar-refractivity contribution in [3.05, 3.63) is 48.0 Å². The molecule has 26 heavy (non-hydrogen) atoms. The van der Waals surface area contributed by atoms with Crippen molar-refractivity contribution in [1.82, 2.24) is 9.80 Å². The summed E-state index contributed by atoms with van der Waals surface area (Å²) >= 11 is 0. The first-order valence-electron chi connectivity index (χ1n) is 9.67. The number of carbonyl (C=O) groups is 1. The van der Waals surface area contributed by atoms with Gasteiger partial charge in [0, 0.05) is 19.6 Å². The van der Waals surface area contributed by atoms with Crippen molar-refractivity contribution >= 4 is 5.97 Å². The van der Waals surface area contributed by atoms with Crippen molar-refractivity contribution in [3.63, 3.8) is 0 Å². The van der Waals surface area contributed by atoms with E-state index in [9.17, 15) is 4.79 Å². The summed E-state index contributed by atoms with van der Waals surface area (Å²) in [4.78, 5) is 17.2. The molecule has 2 rings (SSSR count). The van der Waals surface area contributed by atoms with Gasteiger partial charge < -0.3 is 14.4 Å². The van der Waals surface area contributed by atoms with Gasteiger partial charge in [-0.1, -0.05) is 56.3 Å². The molecule has 0 aliphatic carbocycles. The number of esters is 1. The molecule has 5 heteroatoms. The van der Waals surface area contributed by atoms with Crippen LogP contribution in [0.5, 0.6) is 0 Å². The topological polar surface area (TPSA) is 42.0 Å². The number of benzene rings is 1. The highest BCUT2D eigenvalue weighted by atomic mass is 16.6. The molecule has 0 saturated heterocycles. The first-order chi connectivity index (χ1) is 12.8. The Morgan fingerprint density at radius 3 is 2.54 bits per heavy atom. The molecule has 0 aromatic heterocycles. The molecule has 1 aliphatic heterocycles. The highest BCUT2D eigenvalue weighted by Gasteiger charge is 2.28. The molecule has 1 unspecified atom stereocenters. The Morgan fingerprint density at radius 1 is 1.12 bits per heavy atom. The van der Waals surface area contributed by atoms with Crippen LogP contribution in [-0.2, 0) is 14.3 Å².